The fourth-order valence-corrected chi connectivity index (χ4v) is 2.68. The first-order valence-corrected chi connectivity index (χ1v) is 7.31. The Morgan fingerprint density at radius 3 is 2.65 bits per heavy atom. The maximum absolute atomic E-state index is 12.5. The molecular formula is C16H25N3O. The number of amides is 2. The molecular weight excluding hydrogens is 250 g/mol. The van der Waals surface area contributed by atoms with Crippen LogP contribution in [0.1, 0.15) is 19.4 Å². The van der Waals surface area contributed by atoms with Crippen LogP contribution in [0.5, 0.6) is 0 Å². The van der Waals surface area contributed by atoms with Crippen molar-refractivity contribution in [3.05, 3.63) is 29.8 Å². The van der Waals surface area contributed by atoms with Gasteiger partial charge in [0.15, 0.2) is 0 Å². The van der Waals surface area contributed by atoms with Gasteiger partial charge < -0.3 is 15.1 Å². The molecule has 4 nitrogen and oxygen atoms in total. The lowest BCUT2D eigenvalue weighted by atomic mass is 10.0. The number of anilines is 1. The molecule has 20 heavy (non-hydrogen) atoms. The van der Waals surface area contributed by atoms with Crippen LogP contribution in [0.4, 0.5) is 10.5 Å². The predicted molar refractivity (Wildman–Crippen MR) is 83.0 cm³/mol. The summed E-state index contributed by atoms with van der Waals surface area (Å²) in [7, 11) is 2.12. The Labute approximate surface area is 121 Å². The molecule has 0 radical (unpaired) electrons. The number of hydrogen-bond donors (Lipinski definition) is 1. The van der Waals surface area contributed by atoms with Crippen molar-refractivity contribution in [3.63, 3.8) is 0 Å². The predicted octanol–water partition coefficient (Wildman–Crippen LogP) is 2.80. The third kappa shape index (κ3) is 3.31. The summed E-state index contributed by atoms with van der Waals surface area (Å²) < 4.78 is 0. The van der Waals surface area contributed by atoms with Gasteiger partial charge in [-0.3, -0.25) is 0 Å². The summed E-state index contributed by atoms with van der Waals surface area (Å²) in [6, 6.07) is 8.20. The summed E-state index contributed by atoms with van der Waals surface area (Å²) in [4.78, 5) is 16.8. The van der Waals surface area contributed by atoms with Gasteiger partial charge >= 0.3 is 6.03 Å². The molecule has 1 N–H and O–H groups in total. The standard InChI is InChI=1S/C16H25N3O/c1-12(2)15-11-18(4)9-10-19(15)16(20)17-14-8-6-5-7-13(14)3/h5-8,12,15H,9-11H2,1-4H3,(H,17,20). The second-order valence-corrected chi connectivity index (χ2v) is 6.01. The highest BCUT2D eigenvalue weighted by atomic mass is 16.2. The average molecular weight is 275 g/mol. The van der Waals surface area contributed by atoms with Gasteiger partial charge in [-0.2, -0.15) is 0 Å². The Morgan fingerprint density at radius 1 is 1.30 bits per heavy atom. The van der Waals surface area contributed by atoms with Gasteiger partial charge in [0, 0.05) is 31.4 Å². The summed E-state index contributed by atoms with van der Waals surface area (Å²) >= 11 is 0. The van der Waals surface area contributed by atoms with E-state index >= 15 is 0 Å². The molecule has 2 amide bonds. The Balaban J connectivity index is 2.09. The smallest absolute Gasteiger partial charge is 0.319 e. The van der Waals surface area contributed by atoms with E-state index in [1.54, 1.807) is 0 Å². The second-order valence-electron chi connectivity index (χ2n) is 6.01. The lowest BCUT2D eigenvalue weighted by molar-refractivity contribution is 0.0922. The summed E-state index contributed by atoms with van der Waals surface area (Å²) in [6.07, 6.45) is 0. The van der Waals surface area contributed by atoms with E-state index in [2.05, 4.69) is 31.1 Å². The van der Waals surface area contributed by atoms with E-state index < -0.39 is 0 Å². The number of para-hydroxylation sites is 1. The molecule has 0 saturated carbocycles. The number of nitrogens with one attached hydrogen (secondary N) is 1. The number of carbonyl (C=O) groups is 1. The topological polar surface area (TPSA) is 35.6 Å². The Kier molecular flexibility index (Phi) is 4.65. The summed E-state index contributed by atoms with van der Waals surface area (Å²) in [5, 5.41) is 3.05. The first-order valence-electron chi connectivity index (χ1n) is 7.31. The van der Waals surface area contributed by atoms with Crippen molar-refractivity contribution in [3.8, 4) is 0 Å². The van der Waals surface area contributed by atoms with Gasteiger partial charge in [-0.1, -0.05) is 32.0 Å². The van der Waals surface area contributed by atoms with Crippen LogP contribution in [0.25, 0.3) is 0 Å². The molecule has 110 valence electrons. The molecule has 1 aliphatic heterocycles. The minimum Gasteiger partial charge on any atom is -0.319 e. The van der Waals surface area contributed by atoms with Gasteiger partial charge in [0.1, 0.15) is 0 Å². The molecule has 1 saturated heterocycles. The van der Waals surface area contributed by atoms with Gasteiger partial charge in [-0.15, -0.1) is 0 Å². The van der Waals surface area contributed by atoms with Gasteiger partial charge in [-0.25, -0.2) is 4.79 Å². The Hall–Kier alpha value is -1.55. The zero-order valence-corrected chi connectivity index (χ0v) is 12.9. The molecule has 1 atom stereocenters. The van der Waals surface area contributed by atoms with Crippen molar-refractivity contribution in [1.29, 1.82) is 0 Å². The zero-order valence-electron chi connectivity index (χ0n) is 12.9. The maximum Gasteiger partial charge on any atom is 0.322 e. The first-order chi connectivity index (χ1) is 9.49. The van der Waals surface area contributed by atoms with Crippen LogP contribution in [-0.2, 0) is 0 Å². The van der Waals surface area contributed by atoms with E-state index in [0.717, 1.165) is 30.9 Å². The molecule has 1 aromatic carbocycles. The number of piperazine rings is 1. The molecule has 1 heterocycles. The van der Waals surface area contributed by atoms with E-state index in [1.165, 1.54) is 0 Å². The molecule has 0 bridgehead atoms. The second kappa shape index (κ2) is 6.27. The number of likely N-dealkylation sites (N-methyl/N-ethyl adjacent to an activating group) is 1. The van der Waals surface area contributed by atoms with E-state index in [0.29, 0.717) is 5.92 Å². The quantitative estimate of drug-likeness (QED) is 0.901. The zero-order chi connectivity index (χ0) is 14.7. The molecule has 1 aromatic rings. The number of hydrogen-bond acceptors (Lipinski definition) is 2. The van der Waals surface area contributed by atoms with E-state index in [9.17, 15) is 4.79 Å². The van der Waals surface area contributed by atoms with Crippen LogP contribution in [0, 0.1) is 12.8 Å². The van der Waals surface area contributed by atoms with Crippen LogP contribution in [-0.4, -0.2) is 48.6 Å². The molecule has 0 aromatic heterocycles. The highest BCUT2D eigenvalue weighted by Crippen LogP contribution is 2.19. The number of aryl methyl sites for hydroxylation is 1. The molecule has 0 spiro atoms. The number of nitrogens with zero attached hydrogens (tertiary/aromatic N) is 2. The molecule has 2 rings (SSSR count). The lowest BCUT2D eigenvalue weighted by Crippen LogP contribution is -2.57. The highest BCUT2D eigenvalue weighted by Gasteiger charge is 2.31. The van der Waals surface area contributed by atoms with Gasteiger partial charge in [0.05, 0.1) is 0 Å². The normalized spacial score (nSPS) is 20.2. The summed E-state index contributed by atoms with van der Waals surface area (Å²) in [5.74, 6) is 0.459. The third-order valence-corrected chi connectivity index (χ3v) is 4.04. The fraction of sp³-hybridized carbons (Fsp3) is 0.562. The largest absolute Gasteiger partial charge is 0.322 e. The monoisotopic (exact) mass is 275 g/mol. The first kappa shape index (κ1) is 14.9. The van der Waals surface area contributed by atoms with Crippen LogP contribution in [0.3, 0.4) is 0 Å². The van der Waals surface area contributed by atoms with Crippen molar-refractivity contribution in [2.24, 2.45) is 5.92 Å². The van der Waals surface area contributed by atoms with Crippen molar-refractivity contribution in [2.75, 3.05) is 32.0 Å². The molecule has 1 aliphatic rings. The Bertz CT molecular complexity index is 473. The van der Waals surface area contributed by atoms with E-state index in [1.807, 2.05) is 36.1 Å². The van der Waals surface area contributed by atoms with E-state index in [-0.39, 0.29) is 12.1 Å². The van der Waals surface area contributed by atoms with E-state index in [4.69, 9.17) is 0 Å². The summed E-state index contributed by atoms with van der Waals surface area (Å²) in [5.41, 5.74) is 2.00. The number of rotatable bonds is 2. The molecule has 1 fully saturated rings. The minimum absolute atomic E-state index is 0.0195. The molecule has 4 heteroatoms. The average Bonchev–Trinajstić information content (AvgIpc) is 2.41. The molecule has 1 unspecified atom stereocenters. The highest BCUT2D eigenvalue weighted by molar-refractivity contribution is 5.90. The third-order valence-electron chi connectivity index (χ3n) is 4.04. The SMILES string of the molecule is Cc1ccccc1NC(=O)N1CCN(C)CC1C(C)C. The van der Waals surface area contributed by atoms with Crippen LogP contribution in [0.2, 0.25) is 0 Å². The van der Waals surface area contributed by atoms with Crippen LogP contribution in [0.15, 0.2) is 24.3 Å². The van der Waals surface area contributed by atoms with Crippen molar-refractivity contribution in [1.82, 2.24) is 9.80 Å². The number of benzene rings is 1. The maximum atomic E-state index is 12.5. The molecule has 0 aliphatic carbocycles. The van der Waals surface area contributed by atoms with Gasteiger partial charge in [-0.05, 0) is 31.5 Å². The van der Waals surface area contributed by atoms with Crippen LogP contribution < -0.4 is 5.32 Å². The van der Waals surface area contributed by atoms with Crippen LogP contribution >= 0.6 is 0 Å². The van der Waals surface area contributed by atoms with Gasteiger partial charge in [0.2, 0.25) is 0 Å². The summed E-state index contributed by atoms with van der Waals surface area (Å²) in [6.45, 7) is 9.04. The number of carbonyl (C=O) groups excluding carboxylic acids is 1. The van der Waals surface area contributed by atoms with Crippen molar-refractivity contribution in [2.45, 2.75) is 26.8 Å². The fourth-order valence-electron chi connectivity index (χ4n) is 2.68. The van der Waals surface area contributed by atoms with Crippen molar-refractivity contribution >= 4 is 11.7 Å². The minimum atomic E-state index is 0.0195. The van der Waals surface area contributed by atoms with Crippen molar-refractivity contribution < 1.29 is 4.79 Å². The lowest BCUT2D eigenvalue weighted by Gasteiger charge is -2.42. The Morgan fingerprint density at radius 2 is 2.00 bits per heavy atom. The van der Waals surface area contributed by atoms with Gasteiger partial charge in [0.25, 0.3) is 0 Å². The number of urea groups is 1.